The number of rotatable bonds is 5. The molecule has 0 spiro atoms. The highest BCUT2D eigenvalue weighted by molar-refractivity contribution is 6.32. The van der Waals surface area contributed by atoms with E-state index in [4.69, 9.17) is 11.6 Å². The van der Waals surface area contributed by atoms with Gasteiger partial charge in [0.2, 0.25) is 0 Å². The lowest BCUT2D eigenvalue weighted by Gasteiger charge is -2.10. The molecular formula is C16H13ClF3N5O. The standard InChI is InChI=1S/C16H13ClF3N5O/c1-8-14(15(17)25(2)24-8)11-6-21-7-13(23-11)22-9-3-4-12(10(18)5-9)26-16(19)20/h3-7,16H,1-2H3,(H,22,23). The number of benzene rings is 1. The Labute approximate surface area is 151 Å². The number of anilines is 2. The Morgan fingerprint density at radius 2 is 2.04 bits per heavy atom. The second kappa shape index (κ2) is 7.20. The molecule has 136 valence electrons. The molecule has 0 unspecified atom stereocenters. The van der Waals surface area contributed by atoms with E-state index in [1.807, 2.05) is 0 Å². The highest BCUT2D eigenvalue weighted by Gasteiger charge is 2.16. The number of nitrogens with zero attached hydrogens (tertiary/aromatic N) is 4. The van der Waals surface area contributed by atoms with E-state index < -0.39 is 18.2 Å². The fourth-order valence-corrected chi connectivity index (χ4v) is 2.66. The van der Waals surface area contributed by atoms with Gasteiger partial charge in [-0.1, -0.05) is 11.6 Å². The molecule has 2 aromatic heterocycles. The molecule has 0 atom stereocenters. The maximum absolute atomic E-state index is 13.8. The maximum atomic E-state index is 13.8. The first-order valence-electron chi connectivity index (χ1n) is 7.38. The Morgan fingerprint density at radius 3 is 2.65 bits per heavy atom. The van der Waals surface area contributed by atoms with Crippen LogP contribution in [0.4, 0.5) is 24.7 Å². The van der Waals surface area contributed by atoms with Gasteiger partial charge >= 0.3 is 6.61 Å². The van der Waals surface area contributed by atoms with Crippen molar-refractivity contribution in [3.05, 3.63) is 47.3 Å². The van der Waals surface area contributed by atoms with Crippen molar-refractivity contribution in [1.29, 1.82) is 0 Å². The summed E-state index contributed by atoms with van der Waals surface area (Å²) >= 11 is 6.23. The quantitative estimate of drug-likeness (QED) is 0.710. The van der Waals surface area contributed by atoms with E-state index in [0.717, 1.165) is 12.1 Å². The van der Waals surface area contributed by atoms with Crippen LogP contribution in [0.5, 0.6) is 5.75 Å². The van der Waals surface area contributed by atoms with Crippen molar-refractivity contribution < 1.29 is 17.9 Å². The van der Waals surface area contributed by atoms with Crippen LogP contribution < -0.4 is 10.1 Å². The zero-order chi connectivity index (χ0) is 18.8. The molecule has 2 heterocycles. The van der Waals surface area contributed by atoms with Crippen LogP contribution in [0.15, 0.2) is 30.6 Å². The fourth-order valence-electron chi connectivity index (χ4n) is 2.39. The van der Waals surface area contributed by atoms with Crippen molar-refractivity contribution in [2.75, 3.05) is 5.32 Å². The van der Waals surface area contributed by atoms with Crippen LogP contribution >= 0.6 is 11.6 Å². The monoisotopic (exact) mass is 383 g/mol. The Morgan fingerprint density at radius 1 is 1.27 bits per heavy atom. The summed E-state index contributed by atoms with van der Waals surface area (Å²) in [6.07, 6.45) is 2.96. The summed E-state index contributed by atoms with van der Waals surface area (Å²) in [5.41, 5.74) is 2.11. The smallest absolute Gasteiger partial charge is 0.387 e. The normalized spacial score (nSPS) is 11.0. The molecule has 0 radical (unpaired) electrons. The van der Waals surface area contributed by atoms with Crippen molar-refractivity contribution in [1.82, 2.24) is 19.7 Å². The summed E-state index contributed by atoms with van der Waals surface area (Å²) < 4.78 is 43.8. The molecule has 10 heteroatoms. The van der Waals surface area contributed by atoms with Crippen LogP contribution in [0.1, 0.15) is 5.69 Å². The average molecular weight is 384 g/mol. The summed E-state index contributed by atoms with van der Waals surface area (Å²) in [6.45, 7) is -1.31. The number of hydrogen-bond acceptors (Lipinski definition) is 5. The maximum Gasteiger partial charge on any atom is 0.387 e. The summed E-state index contributed by atoms with van der Waals surface area (Å²) in [7, 11) is 1.71. The minimum Gasteiger partial charge on any atom is -0.432 e. The van der Waals surface area contributed by atoms with Crippen molar-refractivity contribution in [2.24, 2.45) is 7.05 Å². The SMILES string of the molecule is Cc1nn(C)c(Cl)c1-c1cncc(Nc2ccc(OC(F)F)c(F)c2)n1. The van der Waals surface area contributed by atoms with Gasteiger partial charge in [0.1, 0.15) is 11.0 Å². The third kappa shape index (κ3) is 3.72. The van der Waals surface area contributed by atoms with Crippen LogP contribution in [-0.4, -0.2) is 26.4 Å². The van der Waals surface area contributed by atoms with E-state index >= 15 is 0 Å². The van der Waals surface area contributed by atoms with Gasteiger partial charge in [0, 0.05) is 18.8 Å². The Balaban J connectivity index is 1.86. The lowest BCUT2D eigenvalue weighted by atomic mass is 10.2. The summed E-state index contributed by atoms with van der Waals surface area (Å²) in [5.74, 6) is -1.14. The summed E-state index contributed by atoms with van der Waals surface area (Å²) in [5, 5.41) is 7.48. The van der Waals surface area contributed by atoms with E-state index in [1.165, 1.54) is 23.1 Å². The first-order valence-corrected chi connectivity index (χ1v) is 7.76. The number of ether oxygens (including phenoxy) is 1. The van der Waals surface area contributed by atoms with Crippen LogP contribution in [0.2, 0.25) is 5.15 Å². The van der Waals surface area contributed by atoms with Gasteiger partial charge in [0.25, 0.3) is 0 Å². The van der Waals surface area contributed by atoms with E-state index in [0.29, 0.717) is 33.6 Å². The molecule has 0 fully saturated rings. The van der Waals surface area contributed by atoms with Crippen LogP contribution in [0, 0.1) is 12.7 Å². The van der Waals surface area contributed by atoms with Crippen molar-refractivity contribution in [2.45, 2.75) is 13.5 Å². The first kappa shape index (κ1) is 18.0. The largest absolute Gasteiger partial charge is 0.432 e. The number of hydrogen-bond donors (Lipinski definition) is 1. The van der Waals surface area contributed by atoms with E-state index in [2.05, 4.69) is 25.1 Å². The van der Waals surface area contributed by atoms with E-state index in [1.54, 1.807) is 14.0 Å². The fraction of sp³-hybridized carbons (Fsp3) is 0.188. The molecule has 0 saturated carbocycles. The predicted octanol–water partition coefficient (Wildman–Crippen LogP) is 4.32. The second-order valence-corrected chi connectivity index (χ2v) is 5.67. The zero-order valence-electron chi connectivity index (χ0n) is 13.7. The molecule has 26 heavy (non-hydrogen) atoms. The molecule has 3 aromatic rings. The van der Waals surface area contributed by atoms with Crippen molar-refractivity contribution in [3.8, 4) is 17.0 Å². The lowest BCUT2D eigenvalue weighted by Crippen LogP contribution is -2.04. The summed E-state index contributed by atoms with van der Waals surface area (Å²) in [6, 6.07) is 3.51. The third-order valence-electron chi connectivity index (χ3n) is 3.46. The number of aromatic nitrogens is 4. The molecule has 6 nitrogen and oxygen atoms in total. The Hall–Kier alpha value is -2.81. The van der Waals surface area contributed by atoms with Gasteiger partial charge in [0.15, 0.2) is 11.6 Å². The third-order valence-corrected chi connectivity index (χ3v) is 3.90. The van der Waals surface area contributed by atoms with Gasteiger partial charge in [-0.2, -0.15) is 13.9 Å². The van der Waals surface area contributed by atoms with Crippen LogP contribution in [0.25, 0.3) is 11.3 Å². The van der Waals surface area contributed by atoms with E-state index in [-0.39, 0.29) is 0 Å². The molecule has 0 saturated heterocycles. The molecule has 0 aliphatic carbocycles. The first-order chi connectivity index (χ1) is 12.3. The Bertz CT molecular complexity index is 948. The molecule has 0 amide bonds. The van der Waals surface area contributed by atoms with Gasteiger partial charge in [-0.25, -0.2) is 9.37 Å². The van der Waals surface area contributed by atoms with Crippen molar-refractivity contribution >= 4 is 23.1 Å². The van der Waals surface area contributed by atoms with E-state index in [9.17, 15) is 13.2 Å². The van der Waals surface area contributed by atoms with Crippen molar-refractivity contribution in [3.63, 3.8) is 0 Å². The molecular weight excluding hydrogens is 371 g/mol. The summed E-state index contributed by atoms with van der Waals surface area (Å²) in [4.78, 5) is 8.48. The number of halogens is 4. The number of nitrogens with one attached hydrogen (secondary N) is 1. The average Bonchev–Trinajstić information content (AvgIpc) is 2.82. The van der Waals surface area contributed by atoms with Crippen LogP contribution in [-0.2, 0) is 7.05 Å². The van der Waals surface area contributed by atoms with Crippen LogP contribution in [0.3, 0.4) is 0 Å². The zero-order valence-corrected chi connectivity index (χ0v) is 14.4. The van der Waals surface area contributed by atoms with Gasteiger partial charge in [-0.15, -0.1) is 0 Å². The van der Waals surface area contributed by atoms with Gasteiger partial charge in [0.05, 0.1) is 29.3 Å². The number of alkyl halides is 2. The van der Waals surface area contributed by atoms with Gasteiger partial charge in [-0.3, -0.25) is 9.67 Å². The Kier molecular flexibility index (Phi) is 4.99. The van der Waals surface area contributed by atoms with Gasteiger partial charge < -0.3 is 10.1 Å². The second-order valence-electron chi connectivity index (χ2n) is 5.31. The molecule has 0 aliphatic heterocycles. The molecule has 1 aromatic carbocycles. The highest BCUT2D eigenvalue weighted by Crippen LogP contribution is 2.30. The predicted molar refractivity (Wildman–Crippen MR) is 90.3 cm³/mol. The molecule has 0 bridgehead atoms. The highest BCUT2D eigenvalue weighted by atomic mass is 35.5. The molecule has 1 N–H and O–H groups in total. The topological polar surface area (TPSA) is 64.9 Å². The molecule has 0 aliphatic rings. The lowest BCUT2D eigenvalue weighted by molar-refractivity contribution is -0.0521. The minimum absolute atomic E-state index is 0.296. The minimum atomic E-state index is -3.10. The molecule has 3 rings (SSSR count). The number of aryl methyl sites for hydroxylation is 2. The van der Waals surface area contributed by atoms with Gasteiger partial charge in [-0.05, 0) is 19.1 Å².